The van der Waals surface area contributed by atoms with Gasteiger partial charge in [0.15, 0.2) is 0 Å². The summed E-state index contributed by atoms with van der Waals surface area (Å²) in [6, 6.07) is 12.9. The number of nitriles is 1. The van der Waals surface area contributed by atoms with E-state index in [9.17, 15) is 10.1 Å². The average molecular weight is 323 g/mol. The fourth-order valence-electron chi connectivity index (χ4n) is 2.10. The third kappa shape index (κ3) is 2.87. The van der Waals surface area contributed by atoms with Crippen LogP contribution >= 0.6 is 11.3 Å². The average Bonchev–Trinajstić information content (AvgIpc) is 3.23. The van der Waals surface area contributed by atoms with Gasteiger partial charge in [-0.15, -0.1) is 11.3 Å². The molecule has 0 unspecified atom stereocenters. The Hall–Kier alpha value is -2.91. The van der Waals surface area contributed by atoms with Crippen LogP contribution in [0.5, 0.6) is 0 Å². The van der Waals surface area contributed by atoms with Gasteiger partial charge < -0.3 is 4.42 Å². The number of hydrogen-bond donors (Lipinski definition) is 0. The summed E-state index contributed by atoms with van der Waals surface area (Å²) >= 11 is 1.46. The summed E-state index contributed by atoms with van der Waals surface area (Å²) in [5.41, 5.74) is 1.69. The molecule has 0 fully saturated rings. The van der Waals surface area contributed by atoms with E-state index in [1.807, 2.05) is 42.6 Å². The number of thiophene rings is 1. The Morgan fingerprint density at radius 1 is 1.30 bits per heavy atom. The van der Waals surface area contributed by atoms with Crippen molar-refractivity contribution < 1.29 is 9.21 Å². The van der Waals surface area contributed by atoms with Crippen molar-refractivity contribution in [3.63, 3.8) is 0 Å². The van der Waals surface area contributed by atoms with Crippen molar-refractivity contribution in [1.82, 2.24) is 4.98 Å². The minimum atomic E-state index is -0.254. The zero-order valence-corrected chi connectivity index (χ0v) is 13.4. The Morgan fingerprint density at radius 3 is 2.65 bits per heavy atom. The van der Waals surface area contributed by atoms with Crippen molar-refractivity contribution in [2.45, 2.75) is 6.92 Å². The van der Waals surface area contributed by atoms with Crippen molar-refractivity contribution in [2.24, 2.45) is 0 Å². The summed E-state index contributed by atoms with van der Waals surface area (Å²) in [6.45, 7) is 1.95. The Kier molecular flexibility index (Phi) is 3.96. The predicted molar refractivity (Wildman–Crippen MR) is 88.4 cm³/mol. The molecule has 0 aliphatic heterocycles. The van der Waals surface area contributed by atoms with Crippen LogP contribution in [-0.4, -0.2) is 17.9 Å². The minimum absolute atomic E-state index is 0.0939. The normalized spacial score (nSPS) is 10.3. The van der Waals surface area contributed by atoms with Crippen LogP contribution in [0.4, 0.5) is 5.88 Å². The van der Waals surface area contributed by atoms with Crippen molar-refractivity contribution in [1.29, 1.82) is 5.26 Å². The van der Waals surface area contributed by atoms with Gasteiger partial charge in [-0.05, 0) is 30.5 Å². The van der Waals surface area contributed by atoms with Crippen molar-refractivity contribution in [2.75, 3.05) is 11.9 Å². The second-order valence-electron chi connectivity index (χ2n) is 4.99. The van der Waals surface area contributed by atoms with Crippen LogP contribution in [-0.2, 0) is 0 Å². The summed E-state index contributed by atoms with van der Waals surface area (Å²) < 4.78 is 5.66. The monoisotopic (exact) mass is 323 g/mol. The van der Waals surface area contributed by atoms with Crippen molar-refractivity contribution >= 4 is 23.1 Å². The summed E-state index contributed by atoms with van der Waals surface area (Å²) in [7, 11) is 1.57. The number of amides is 1. The third-order valence-corrected chi connectivity index (χ3v) is 4.21. The van der Waals surface area contributed by atoms with Crippen LogP contribution in [0.3, 0.4) is 0 Å². The lowest BCUT2D eigenvalue weighted by atomic mass is 10.1. The molecule has 0 radical (unpaired) electrons. The number of hydrogen-bond acceptors (Lipinski definition) is 5. The number of nitrogens with zero attached hydrogens (tertiary/aromatic N) is 3. The zero-order chi connectivity index (χ0) is 16.4. The Bertz CT molecular complexity index is 874. The Labute approximate surface area is 137 Å². The van der Waals surface area contributed by atoms with Gasteiger partial charge in [0.2, 0.25) is 17.5 Å². The van der Waals surface area contributed by atoms with Gasteiger partial charge in [-0.3, -0.25) is 9.69 Å². The maximum absolute atomic E-state index is 12.6. The van der Waals surface area contributed by atoms with Gasteiger partial charge in [-0.2, -0.15) is 10.2 Å². The van der Waals surface area contributed by atoms with Gasteiger partial charge in [0.25, 0.3) is 5.91 Å². The second-order valence-corrected chi connectivity index (χ2v) is 5.94. The molecular weight excluding hydrogens is 310 g/mol. The second kappa shape index (κ2) is 6.07. The van der Waals surface area contributed by atoms with E-state index in [0.717, 1.165) is 10.4 Å². The van der Waals surface area contributed by atoms with Crippen molar-refractivity contribution in [3.8, 4) is 16.8 Å². The topological polar surface area (TPSA) is 70.1 Å². The molecule has 114 valence electrons. The van der Waals surface area contributed by atoms with Gasteiger partial charge in [0, 0.05) is 12.6 Å². The predicted octanol–water partition coefficient (Wildman–Crippen LogP) is 3.86. The number of rotatable bonds is 3. The molecule has 1 aromatic carbocycles. The molecule has 3 aromatic rings. The molecule has 0 aliphatic rings. The van der Waals surface area contributed by atoms with Gasteiger partial charge >= 0.3 is 0 Å². The summed E-state index contributed by atoms with van der Waals surface area (Å²) in [6.07, 6.45) is 0. The molecule has 2 aromatic heterocycles. The highest BCUT2D eigenvalue weighted by molar-refractivity contribution is 7.13. The zero-order valence-electron chi connectivity index (χ0n) is 12.6. The molecule has 0 N–H and O–H groups in total. The van der Waals surface area contributed by atoms with Crippen molar-refractivity contribution in [3.05, 3.63) is 58.6 Å². The molecule has 3 rings (SSSR count). The first-order valence-electron chi connectivity index (χ1n) is 6.89. The van der Waals surface area contributed by atoms with E-state index in [0.29, 0.717) is 11.5 Å². The van der Waals surface area contributed by atoms with Crippen LogP contribution in [0.15, 0.2) is 46.2 Å². The number of anilines is 1. The molecule has 5 nitrogen and oxygen atoms in total. The lowest BCUT2D eigenvalue weighted by Crippen LogP contribution is -2.26. The Balaban J connectivity index is 1.96. The fourth-order valence-corrected chi connectivity index (χ4v) is 2.75. The van der Waals surface area contributed by atoms with E-state index in [-0.39, 0.29) is 17.5 Å². The van der Waals surface area contributed by atoms with Gasteiger partial charge in [-0.1, -0.05) is 23.8 Å². The van der Waals surface area contributed by atoms with Crippen LogP contribution in [0.1, 0.15) is 21.6 Å². The van der Waals surface area contributed by atoms with E-state index < -0.39 is 0 Å². The number of aromatic nitrogens is 1. The van der Waals surface area contributed by atoms with E-state index in [1.165, 1.54) is 16.2 Å². The smallest absolute Gasteiger partial charge is 0.260 e. The molecule has 0 atom stereocenters. The first kappa shape index (κ1) is 15.0. The molecule has 1 amide bonds. The van der Waals surface area contributed by atoms with Gasteiger partial charge in [0.05, 0.1) is 4.88 Å². The highest BCUT2D eigenvalue weighted by atomic mass is 32.1. The lowest BCUT2D eigenvalue weighted by molar-refractivity contribution is 0.0989. The maximum Gasteiger partial charge on any atom is 0.260 e. The van der Waals surface area contributed by atoms with Gasteiger partial charge in [-0.25, -0.2) is 0 Å². The molecule has 0 bridgehead atoms. The third-order valence-electron chi connectivity index (χ3n) is 3.35. The van der Waals surface area contributed by atoms with Crippen LogP contribution < -0.4 is 4.90 Å². The fraction of sp³-hybridized carbons (Fsp3) is 0.118. The SMILES string of the molecule is Cc1ccc(C(=O)N(C)c2oc(-c3cccs3)nc2C#N)cc1. The Morgan fingerprint density at radius 2 is 2.04 bits per heavy atom. The maximum atomic E-state index is 12.6. The molecule has 0 aliphatic carbocycles. The molecule has 23 heavy (non-hydrogen) atoms. The number of benzene rings is 1. The van der Waals surface area contributed by atoms with Crippen LogP contribution in [0.25, 0.3) is 10.8 Å². The summed E-state index contributed by atoms with van der Waals surface area (Å²) in [4.78, 5) is 18.8. The largest absolute Gasteiger partial charge is 0.418 e. The van der Waals surface area contributed by atoms with Crippen LogP contribution in [0.2, 0.25) is 0 Å². The lowest BCUT2D eigenvalue weighted by Gasteiger charge is -2.14. The molecule has 2 heterocycles. The molecule has 0 spiro atoms. The summed E-state index contributed by atoms with van der Waals surface area (Å²) in [5.74, 6) is 0.243. The van der Waals surface area contributed by atoms with Gasteiger partial charge in [0.1, 0.15) is 6.07 Å². The number of carbonyl (C=O) groups excluding carboxylic acids is 1. The first-order valence-corrected chi connectivity index (χ1v) is 7.77. The number of aryl methyl sites for hydroxylation is 1. The van der Waals surface area contributed by atoms with E-state index in [1.54, 1.807) is 19.2 Å². The van der Waals surface area contributed by atoms with E-state index in [2.05, 4.69) is 4.98 Å². The van der Waals surface area contributed by atoms with Crippen LogP contribution in [0, 0.1) is 18.3 Å². The minimum Gasteiger partial charge on any atom is -0.418 e. The summed E-state index contributed by atoms with van der Waals surface area (Å²) in [5, 5.41) is 11.2. The standard InChI is InChI=1S/C17H13N3O2S/c1-11-5-7-12(8-6-11)16(21)20(2)17-13(10-18)19-15(22-17)14-4-3-9-23-14/h3-9H,1-2H3. The molecule has 0 saturated heterocycles. The number of carbonyl (C=O) groups is 1. The quantitative estimate of drug-likeness (QED) is 0.734. The molecule has 0 saturated carbocycles. The van der Waals surface area contributed by atoms with E-state index in [4.69, 9.17) is 4.42 Å². The number of oxazole rings is 1. The molecule has 6 heteroatoms. The molecular formula is C17H13N3O2S. The first-order chi connectivity index (χ1) is 11.1. The van der Waals surface area contributed by atoms with E-state index >= 15 is 0 Å². The highest BCUT2D eigenvalue weighted by Crippen LogP contribution is 2.30. The highest BCUT2D eigenvalue weighted by Gasteiger charge is 2.23.